The predicted octanol–water partition coefficient (Wildman–Crippen LogP) is 3.20. The van der Waals surface area contributed by atoms with Gasteiger partial charge in [0.1, 0.15) is 5.75 Å². The third kappa shape index (κ3) is 7.03. The molecule has 0 fully saturated rings. The summed E-state index contributed by atoms with van der Waals surface area (Å²) in [5, 5.41) is 6.75. The number of oxime groups is 1. The van der Waals surface area contributed by atoms with Crippen LogP contribution in [0.2, 0.25) is 0 Å². The molecule has 29 heavy (non-hydrogen) atoms. The normalized spacial score (nSPS) is 11.7. The number of amides is 1. The maximum Gasteiger partial charge on any atom is 0.263 e. The molecule has 0 heterocycles. The molecule has 0 saturated heterocycles. The molecule has 1 unspecified atom stereocenters. The van der Waals surface area contributed by atoms with E-state index in [4.69, 9.17) is 19.0 Å². The Labute approximate surface area is 171 Å². The first-order valence-electron chi connectivity index (χ1n) is 9.48. The number of rotatable bonds is 11. The van der Waals surface area contributed by atoms with Crippen molar-refractivity contribution in [3.63, 3.8) is 0 Å². The fourth-order valence-electron chi connectivity index (χ4n) is 2.54. The van der Waals surface area contributed by atoms with Crippen LogP contribution in [-0.4, -0.2) is 45.6 Å². The number of nitrogens with one attached hydrogen (secondary N) is 1. The van der Waals surface area contributed by atoms with Gasteiger partial charge >= 0.3 is 0 Å². The first kappa shape index (κ1) is 22.1. The third-order valence-corrected chi connectivity index (χ3v) is 4.15. The van der Waals surface area contributed by atoms with Crippen LogP contribution in [0.3, 0.4) is 0 Å². The molecule has 0 aromatic heterocycles. The summed E-state index contributed by atoms with van der Waals surface area (Å²) in [4.78, 5) is 17.4. The molecule has 2 aromatic rings. The van der Waals surface area contributed by atoms with Gasteiger partial charge in [0.15, 0.2) is 11.5 Å². The van der Waals surface area contributed by atoms with Crippen molar-refractivity contribution in [1.82, 2.24) is 5.32 Å². The zero-order valence-corrected chi connectivity index (χ0v) is 17.3. The van der Waals surface area contributed by atoms with E-state index in [9.17, 15) is 4.79 Å². The molecule has 0 aliphatic heterocycles. The molecule has 0 aliphatic rings. The van der Waals surface area contributed by atoms with E-state index in [1.807, 2.05) is 37.3 Å². The predicted molar refractivity (Wildman–Crippen MR) is 112 cm³/mol. The largest absolute Gasteiger partial charge is 0.497 e. The molecule has 0 radical (unpaired) electrons. The summed E-state index contributed by atoms with van der Waals surface area (Å²) in [6.07, 6.45) is 1.54. The van der Waals surface area contributed by atoms with E-state index in [0.29, 0.717) is 24.7 Å². The number of carbonyl (C=O) groups excluding carboxylic acids is 1. The first-order valence-corrected chi connectivity index (χ1v) is 9.48. The lowest BCUT2D eigenvalue weighted by Gasteiger charge is -2.11. The molecule has 0 spiro atoms. The summed E-state index contributed by atoms with van der Waals surface area (Å²) in [6.45, 7) is 4.63. The molecule has 0 saturated carbocycles. The lowest BCUT2D eigenvalue weighted by molar-refractivity contribution is -0.131. The number of benzene rings is 2. The Bertz CT molecular complexity index is 805. The molecule has 2 rings (SSSR count). The lowest BCUT2D eigenvalue weighted by atomic mass is 10.1. The average molecular weight is 400 g/mol. The summed E-state index contributed by atoms with van der Waals surface area (Å²) in [5.41, 5.74) is 1.89. The van der Waals surface area contributed by atoms with Crippen LogP contribution in [0.1, 0.15) is 25.0 Å². The van der Waals surface area contributed by atoms with E-state index in [0.717, 1.165) is 23.3 Å². The number of nitrogens with zero attached hydrogens (tertiary/aromatic N) is 1. The highest BCUT2D eigenvalue weighted by molar-refractivity contribution is 5.82. The Morgan fingerprint density at radius 2 is 1.86 bits per heavy atom. The van der Waals surface area contributed by atoms with Gasteiger partial charge in [0.25, 0.3) is 5.91 Å². The molecule has 1 atom stereocenters. The highest BCUT2D eigenvalue weighted by atomic mass is 16.6. The van der Waals surface area contributed by atoms with E-state index >= 15 is 0 Å². The van der Waals surface area contributed by atoms with Crippen molar-refractivity contribution in [1.29, 1.82) is 0 Å². The van der Waals surface area contributed by atoms with Crippen molar-refractivity contribution in [2.24, 2.45) is 5.16 Å². The Kier molecular flexibility index (Phi) is 8.82. The monoisotopic (exact) mass is 400 g/mol. The van der Waals surface area contributed by atoms with E-state index in [1.54, 1.807) is 33.3 Å². The van der Waals surface area contributed by atoms with Crippen LogP contribution < -0.4 is 19.5 Å². The summed E-state index contributed by atoms with van der Waals surface area (Å²) in [5.74, 6) is 1.86. The minimum atomic E-state index is -0.702. The van der Waals surface area contributed by atoms with Gasteiger partial charge in [-0.1, -0.05) is 17.3 Å². The van der Waals surface area contributed by atoms with Crippen molar-refractivity contribution in [2.75, 3.05) is 27.4 Å². The number of hydrogen-bond donors (Lipinski definition) is 1. The molecule has 156 valence electrons. The summed E-state index contributed by atoms with van der Waals surface area (Å²) in [6, 6.07) is 13.2. The SMILES string of the molecule is CCOc1ccc(/C=N/OC(C)C(=O)NCCc2ccc(OC)cc2)cc1OC. The number of carbonyl (C=O) groups is 1. The van der Waals surface area contributed by atoms with Gasteiger partial charge < -0.3 is 24.4 Å². The van der Waals surface area contributed by atoms with Crippen LogP contribution in [0.5, 0.6) is 17.2 Å². The molecular formula is C22H28N2O5. The summed E-state index contributed by atoms with van der Waals surface area (Å²) < 4.78 is 15.9. The highest BCUT2D eigenvalue weighted by Gasteiger charge is 2.13. The van der Waals surface area contributed by atoms with Crippen molar-refractivity contribution in [2.45, 2.75) is 26.4 Å². The van der Waals surface area contributed by atoms with Crippen LogP contribution in [0, 0.1) is 0 Å². The fourth-order valence-corrected chi connectivity index (χ4v) is 2.54. The molecule has 0 bridgehead atoms. The second-order valence-corrected chi connectivity index (χ2v) is 6.21. The van der Waals surface area contributed by atoms with Gasteiger partial charge in [-0.25, -0.2) is 0 Å². The fraction of sp³-hybridized carbons (Fsp3) is 0.364. The van der Waals surface area contributed by atoms with Gasteiger partial charge in [0.2, 0.25) is 6.10 Å². The molecule has 2 aromatic carbocycles. The zero-order valence-electron chi connectivity index (χ0n) is 17.3. The number of methoxy groups -OCH3 is 2. The maximum absolute atomic E-state index is 12.1. The van der Waals surface area contributed by atoms with Crippen molar-refractivity contribution >= 4 is 12.1 Å². The Balaban J connectivity index is 1.78. The van der Waals surface area contributed by atoms with Gasteiger partial charge in [0.05, 0.1) is 27.0 Å². The van der Waals surface area contributed by atoms with Gasteiger partial charge in [-0.2, -0.15) is 0 Å². The van der Waals surface area contributed by atoms with E-state index in [-0.39, 0.29) is 5.91 Å². The Morgan fingerprint density at radius 1 is 1.10 bits per heavy atom. The van der Waals surface area contributed by atoms with Gasteiger partial charge in [-0.15, -0.1) is 0 Å². The number of hydrogen-bond acceptors (Lipinski definition) is 6. The number of ether oxygens (including phenoxy) is 3. The second kappa shape index (κ2) is 11.6. The van der Waals surface area contributed by atoms with Crippen LogP contribution >= 0.6 is 0 Å². The van der Waals surface area contributed by atoms with Crippen LogP contribution in [0.15, 0.2) is 47.6 Å². The van der Waals surface area contributed by atoms with Crippen molar-refractivity contribution in [3.8, 4) is 17.2 Å². The van der Waals surface area contributed by atoms with Crippen LogP contribution in [0.4, 0.5) is 0 Å². The van der Waals surface area contributed by atoms with Gasteiger partial charge in [0, 0.05) is 12.1 Å². The van der Waals surface area contributed by atoms with Crippen molar-refractivity contribution < 1.29 is 23.8 Å². The standard InChI is InChI=1S/C22H28N2O5/c1-5-28-20-11-8-18(14-21(20)27-4)15-24-29-16(2)22(25)23-13-12-17-6-9-19(26-3)10-7-17/h6-11,14-16H,5,12-13H2,1-4H3,(H,23,25)/b24-15+. The minimum Gasteiger partial charge on any atom is -0.497 e. The van der Waals surface area contributed by atoms with E-state index < -0.39 is 6.10 Å². The molecule has 0 aliphatic carbocycles. The third-order valence-electron chi connectivity index (χ3n) is 4.15. The average Bonchev–Trinajstić information content (AvgIpc) is 2.75. The van der Waals surface area contributed by atoms with Crippen molar-refractivity contribution in [3.05, 3.63) is 53.6 Å². The summed E-state index contributed by atoms with van der Waals surface area (Å²) in [7, 11) is 3.21. The topological polar surface area (TPSA) is 78.4 Å². The van der Waals surface area contributed by atoms with E-state index in [1.165, 1.54) is 6.21 Å². The Morgan fingerprint density at radius 3 is 2.52 bits per heavy atom. The molecule has 7 heteroatoms. The maximum atomic E-state index is 12.1. The second-order valence-electron chi connectivity index (χ2n) is 6.21. The van der Waals surface area contributed by atoms with E-state index in [2.05, 4.69) is 10.5 Å². The quantitative estimate of drug-likeness (QED) is 0.463. The zero-order chi connectivity index (χ0) is 21.1. The first-order chi connectivity index (χ1) is 14.1. The lowest BCUT2D eigenvalue weighted by Crippen LogP contribution is -2.34. The highest BCUT2D eigenvalue weighted by Crippen LogP contribution is 2.27. The summed E-state index contributed by atoms with van der Waals surface area (Å²) >= 11 is 0. The van der Waals surface area contributed by atoms with Crippen LogP contribution in [-0.2, 0) is 16.1 Å². The minimum absolute atomic E-state index is 0.222. The van der Waals surface area contributed by atoms with Gasteiger partial charge in [-0.3, -0.25) is 4.79 Å². The van der Waals surface area contributed by atoms with Crippen LogP contribution in [0.25, 0.3) is 0 Å². The van der Waals surface area contributed by atoms with Gasteiger partial charge in [-0.05, 0) is 56.2 Å². The molecule has 1 amide bonds. The Hall–Kier alpha value is -3.22. The molecule has 7 nitrogen and oxygen atoms in total. The molecular weight excluding hydrogens is 372 g/mol. The smallest absolute Gasteiger partial charge is 0.263 e. The molecule has 1 N–H and O–H groups in total.